The van der Waals surface area contributed by atoms with Gasteiger partial charge in [0.1, 0.15) is 0 Å². The molecule has 3 N–H and O–H groups in total. The summed E-state index contributed by atoms with van der Waals surface area (Å²) in [6, 6.07) is 3.44. The molecule has 0 saturated carbocycles. The zero-order valence-electron chi connectivity index (χ0n) is 10.5. The second-order valence-corrected chi connectivity index (χ2v) is 6.78. The van der Waals surface area contributed by atoms with Gasteiger partial charge in [-0.2, -0.15) is 5.10 Å². The summed E-state index contributed by atoms with van der Waals surface area (Å²) in [6.45, 7) is 0.549. The number of rotatable bonds is 6. The van der Waals surface area contributed by atoms with Crippen LogP contribution in [0.3, 0.4) is 0 Å². The fourth-order valence-electron chi connectivity index (χ4n) is 1.70. The summed E-state index contributed by atoms with van der Waals surface area (Å²) in [4.78, 5) is 0.950. The Labute approximate surface area is 116 Å². The van der Waals surface area contributed by atoms with Gasteiger partial charge in [0, 0.05) is 37.6 Å². The first-order valence-electron chi connectivity index (χ1n) is 5.77. The highest BCUT2D eigenvalue weighted by atomic mass is 32.2. The Balaban J connectivity index is 1.98. The molecule has 6 nitrogen and oxygen atoms in total. The largest absolute Gasteiger partial charge is 0.326 e. The van der Waals surface area contributed by atoms with Crippen LogP contribution in [0.2, 0.25) is 0 Å². The van der Waals surface area contributed by atoms with E-state index < -0.39 is 10.0 Å². The van der Waals surface area contributed by atoms with Crippen molar-refractivity contribution in [3.8, 4) is 0 Å². The first-order chi connectivity index (χ1) is 9.03. The lowest BCUT2D eigenvalue weighted by molar-refractivity contribution is 0.580. The van der Waals surface area contributed by atoms with Crippen LogP contribution in [0.15, 0.2) is 28.6 Å². The fourth-order valence-corrected chi connectivity index (χ4v) is 4.07. The molecule has 2 aromatic heterocycles. The highest BCUT2D eigenvalue weighted by Gasteiger charge is 2.18. The molecule has 0 spiro atoms. The quantitative estimate of drug-likeness (QED) is 0.811. The molecule has 2 rings (SSSR count). The second-order valence-electron chi connectivity index (χ2n) is 4.04. The summed E-state index contributed by atoms with van der Waals surface area (Å²) >= 11 is 1.35. The second kappa shape index (κ2) is 5.83. The third-order valence-corrected chi connectivity index (χ3v) is 5.24. The zero-order valence-corrected chi connectivity index (χ0v) is 12.2. The van der Waals surface area contributed by atoms with E-state index in [-0.39, 0.29) is 11.4 Å². The van der Waals surface area contributed by atoms with Crippen molar-refractivity contribution in [2.24, 2.45) is 12.8 Å². The predicted octanol–water partition coefficient (Wildman–Crippen LogP) is 0.461. The zero-order chi connectivity index (χ0) is 13.9. The summed E-state index contributed by atoms with van der Waals surface area (Å²) in [6.07, 6.45) is 2.39. The third-order valence-electron chi connectivity index (χ3n) is 2.62. The maximum atomic E-state index is 12.1. The molecule has 104 valence electrons. The molecular weight excluding hydrogens is 284 g/mol. The van der Waals surface area contributed by atoms with Gasteiger partial charge < -0.3 is 5.73 Å². The molecular formula is C11H16N4O2S2. The van der Waals surface area contributed by atoms with Crippen molar-refractivity contribution in [1.82, 2.24) is 14.5 Å². The summed E-state index contributed by atoms with van der Waals surface area (Å²) in [5, 5.41) is 5.92. The van der Waals surface area contributed by atoms with Gasteiger partial charge in [0.15, 0.2) is 0 Å². The number of sulfonamides is 1. The third kappa shape index (κ3) is 3.41. The monoisotopic (exact) mass is 300 g/mol. The van der Waals surface area contributed by atoms with Gasteiger partial charge in [0.25, 0.3) is 0 Å². The maximum Gasteiger partial charge on any atom is 0.241 e. The minimum absolute atomic E-state index is 0.230. The number of nitrogens with one attached hydrogen (secondary N) is 1. The predicted molar refractivity (Wildman–Crippen MR) is 74.3 cm³/mol. The first kappa shape index (κ1) is 14.2. The van der Waals surface area contributed by atoms with E-state index in [9.17, 15) is 8.42 Å². The van der Waals surface area contributed by atoms with Crippen LogP contribution >= 0.6 is 11.3 Å². The molecule has 2 aromatic rings. The lowest BCUT2D eigenvalue weighted by Gasteiger charge is -2.06. The first-order valence-corrected chi connectivity index (χ1v) is 8.14. The lowest BCUT2D eigenvalue weighted by atomic mass is 10.3. The molecule has 0 saturated heterocycles. The molecule has 0 aromatic carbocycles. The van der Waals surface area contributed by atoms with Gasteiger partial charge in [-0.1, -0.05) is 0 Å². The standard InChI is InChI=1S/C11H16N4O2S2/c1-15-6-3-9(14-15)2-5-13-19(16,17)11-4-7-18-10(11)8-12/h3-4,6-7,13H,2,5,8,12H2,1H3. The minimum Gasteiger partial charge on any atom is -0.326 e. The van der Waals surface area contributed by atoms with E-state index in [1.165, 1.54) is 11.3 Å². The molecule has 0 amide bonds. The molecule has 8 heteroatoms. The van der Waals surface area contributed by atoms with Crippen LogP contribution in [0, 0.1) is 0 Å². The Hall–Kier alpha value is -1.22. The topological polar surface area (TPSA) is 90.0 Å². The average molecular weight is 300 g/mol. The van der Waals surface area contributed by atoms with Gasteiger partial charge >= 0.3 is 0 Å². The number of nitrogens with two attached hydrogens (primary N) is 1. The van der Waals surface area contributed by atoms with Crippen LogP contribution in [0.1, 0.15) is 10.6 Å². The Morgan fingerprint density at radius 3 is 2.89 bits per heavy atom. The van der Waals surface area contributed by atoms with Crippen LogP contribution in [-0.4, -0.2) is 24.7 Å². The Morgan fingerprint density at radius 2 is 2.26 bits per heavy atom. The van der Waals surface area contributed by atoms with Crippen LogP contribution in [0.4, 0.5) is 0 Å². The number of hydrogen-bond acceptors (Lipinski definition) is 5. The molecule has 0 atom stereocenters. The van der Waals surface area contributed by atoms with Crippen molar-refractivity contribution in [3.05, 3.63) is 34.3 Å². The normalized spacial score (nSPS) is 11.9. The lowest BCUT2D eigenvalue weighted by Crippen LogP contribution is -2.26. The van der Waals surface area contributed by atoms with Gasteiger partial charge in [-0.3, -0.25) is 4.68 Å². The summed E-state index contributed by atoms with van der Waals surface area (Å²) in [5.74, 6) is 0. The molecule has 0 aliphatic rings. The van der Waals surface area contributed by atoms with E-state index in [0.29, 0.717) is 17.8 Å². The number of thiophene rings is 1. The minimum atomic E-state index is -3.48. The highest BCUT2D eigenvalue weighted by molar-refractivity contribution is 7.89. The van der Waals surface area contributed by atoms with Crippen molar-refractivity contribution < 1.29 is 8.42 Å². The number of nitrogens with zero attached hydrogens (tertiary/aromatic N) is 2. The highest BCUT2D eigenvalue weighted by Crippen LogP contribution is 2.20. The van der Waals surface area contributed by atoms with Crippen molar-refractivity contribution in [1.29, 1.82) is 0 Å². The van der Waals surface area contributed by atoms with E-state index in [1.54, 1.807) is 16.1 Å². The smallest absolute Gasteiger partial charge is 0.241 e. The van der Waals surface area contributed by atoms with E-state index in [4.69, 9.17) is 5.73 Å². The summed E-state index contributed by atoms with van der Waals surface area (Å²) in [5.41, 5.74) is 6.38. The van der Waals surface area contributed by atoms with Crippen molar-refractivity contribution in [2.75, 3.05) is 6.54 Å². The van der Waals surface area contributed by atoms with Crippen LogP contribution < -0.4 is 10.5 Å². The average Bonchev–Trinajstić information content (AvgIpc) is 2.97. The molecule has 2 heterocycles. The number of hydrogen-bond donors (Lipinski definition) is 2. The van der Waals surface area contributed by atoms with E-state index in [1.807, 2.05) is 19.3 Å². The Morgan fingerprint density at radius 1 is 1.47 bits per heavy atom. The molecule has 0 aliphatic heterocycles. The van der Waals surface area contributed by atoms with Crippen molar-refractivity contribution in [2.45, 2.75) is 17.9 Å². The van der Waals surface area contributed by atoms with Gasteiger partial charge in [-0.15, -0.1) is 11.3 Å². The van der Waals surface area contributed by atoms with Crippen LogP contribution in [0.5, 0.6) is 0 Å². The van der Waals surface area contributed by atoms with Crippen molar-refractivity contribution >= 4 is 21.4 Å². The fraction of sp³-hybridized carbons (Fsp3) is 0.364. The molecule has 0 fully saturated rings. The van der Waals surface area contributed by atoms with Crippen molar-refractivity contribution in [3.63, 3.8) is 0 Å². The molecule has 0 aliphatic carbocycles. The van der Waals surface area contributed by atoms with Crippen LogP contribution in [0.25, 0.3) is 0 Å². The Kier molecular flexibility index (Phi) is 4.35. The number of aryl methyl sites for hydroxylation is 1. The van der Waals surface area contributed by atoms with Gasteiger partial charge in [0.2, 0.25) is 10.0 Å². The van der Waals surface area contributed by atoms with Gasteiger partial charge in [-0.05, 0) is 17.5 Å². The van der Waals surface area contributed by atoms with E-state index in [2.05, 4.69) is 9.82 Å². The van der Waals surface area contributed by atoms with E-state index >= 15 is 0 Å². The molecule has 0 bridgehead atoms. The van der Waals surface area contributed by atoms with Gasteiger partial charge in [-0.25, -0.2) is 13.1 Å². The maximum absolute atomic E-state index is 12.1. The Bertz CT molecular complexity index is 645. The SMILES string of the molecule is Cn1ccc(CCNS(=O)(=O)c2ccsc2CN)n1. The van der Waals surface area contributed by atoms with E-state index in [0.717, 1.165) is 5.69 Å². The summed E-state index contributed by atoms with van der Waals surface area (Å²) < 4.78 is 28.4. The molecule has 19 heavy (non-hydrogen) atoms. The van der Waals surface area contributed by atoms with Gasteiger partial charge in [0.05, 0.1) is 10.6 Å². The number of aromatic nitrogens is 2. The molecule has 0 radical (unpaired) electrons. The van der Waals surface area contributed by atoms with Crippen LogP contribution in [-0.2, 0) is 30.0 Å². The molecule has 0 unspecified atom stereocenters. The summed E-state index contributed by atoms with van der Waals surface area (Å²) in [7, 11) is -1.65.